The highest BCUT2D eigenvalue weighted by atomic mass is 127. The molecule has 1 aromatic carbocycles. The monoisotopic (exact) mass is 392 g/mol. The molecule has 4 nitrogen and oxygen atoms in total. The molecule has 0 spiro atoms. The van der Waals surface area contributed by atoms with Crippen LogP contribution in [0.3, 0.4) is 0 Å². The number of nitrogens with zero attached hydrogens (tertiary/aromatic N) is 2. The van der Waals surface area contributed by atoms with Crippen LogP contribution < -0.4 is 0 Å². The van der Waals surface area contributed by atoms with Crippen LogP contribution in [-0.2, 0) is 0 Å². The first-order valence-electron chi connectivity index (χ1n) is 4.32. The minimum absolute atomic E-state index is 0.210. The lowest BCUT2D eigenvalue weighted by Crippen LogP contribution is -2.06. The molecule has 6 heteroatoms. The molecule has 0 aliphatic rings. The summed E-state index contributed by atoms with van der Waals surface area (Å²) in [4.78, 5) is 11.1. The summed E-state index contributed by atoms with van der Waals surface area (Å²) in [5.41, 5.74) is 0.756. The van der Waals surface area contributed by atoms with Crippen LogP contribution in [0.25, 0.3) is 5.69 Å². The molecule has 0 amide bonds. The van der Waals surface area contributed by atoms with E-state index < -0.39 is 5.97 Å². The van der Waals surface area contributed by atoms with Gasteiger partial charge in [0.15, 0.2) is 0 Å². The van der Waals surface area contributed by atoms with Crippen molar-refractivity contribution in [1.29, 1.82) is 0 Å². The first-order valence-corrected chi connectivity index (χ1v) is 6.19. The molecule has 1 heterocycles. The van der Waals surface area contributed by atoms with Gasteiger partial charge in [0.2, 0.25) is 0 Å². The van der Waals surface area contributed by atoms with Gasteiger partial charge in [0.25, 0.3) is 0 Å². The highest BCUT2D eigenvalue weighted by Gasteiger charge is 2.15. The van der Waals surface area contributed by atoms with Crippen LogP contribution >= 0.6 is 38.5 Å². The summed E-state index contributed by atoms with van der Waals surface area (Å²) < 4.78 is 3.05. The fourth-order valence-electron chi connectivity index (χ4n) is 1.35. The highest BCUT2D eigenvalue weighted by molar-refractivity contribution is 14.1. The Bertz CT molecular complexity index is 554. The number of benzene rings is 1. The van der Waals surface area contributed by atoms with E-state index in [1.807, 2.05) is 0 Å². The van der Waals surface area contributed by atoms with Crippen LogP contribution in [0.1, 0.15) is 10.4 Å². The topological polar surface area (TPSA) is 55.1 Å². The summed E-state index contributed by atoms with van der Waals surface area (Å²) in [5, 5.41) is 13.2. The molecule has 0 unspecified atom stereocenters. The van der Waals surface area contributed by atoms with Crippen molar-refractivity contribution < 1.29 is 9.90 Å². The Morgan fingerprint density at radius 2 is 2.25 bits per heavy atom. The molecule has 0 bridgehead atoms. The summed E-state index contributed by atoms with van der Waals surface area (Å²) in [7, 11) is 0. The molecule has 2 rings (SSSR count). The van der Waals surface area contributed by atoms with Gasteiger partial charge in [0.05, 0.1) is 21.0 Å². The number of aromatic nitrogens is 2. The molecule has 1 aromatic heterocycles. The molecule has 1 N–H and O–H groups in total. The van der Waals surface area contributed by atoms with Crippen LogP contribution in [0.15, 0.2) is 35.1 Å². The second kappa shape index (κ2) is 4.54. The predicted octanol–water partition coefficient (Wildman–Crippen LogP) is 2.94. The van der Waals surface area contributed by atoms with Crippen molar-refractivity contribution in [2.75, 3.05) is 0 Å². The van der Waals surface area contributed by atoms with E-state index in [0.29, 0.717) is 10.2 Å². The number of rotatable bonds is 2. The molecule has 16 heavy (non-hydrogen) atoms. The molecule has 0 saturated carbocycles. The molecule has 0 aliphatic heterocycles. The van der Waals surface area contributed by atoms with Crippen molar-refractivity contribution in [2.24, 2.45) is 0 Å². The first kappa shape index (κ1) is 11.6. The molecular weight excluding hydrogens is 387 g/mol. The van der Waals surface area contributed by atoms with E-state index in [4.69, 9.17) is 5.11 Å². The lowest BCUT2D eigenvalue weighted by molar-refractivity contribution is 0.0696. The van der Waals surface area contributed by atoms with E-state index in [2.05, 4.69) is 43.6 Å². The van der Waals surface area contributed by atoms with Crippen LogP contribution in [0.5, 0.6) is 0 Å². The second-order valence-corrected chi connectivity index (χ2v) is 5.14. The van der Waals surface area contributed by atoms with Gasteiger partial charge < -0.3 is 5.11 Å². The Labute approximate surface area is 114 Å². The maximum absolute atomic E-state index is 11.1. The van der Waals surface area contributed by atoms with E-state index in [9.17, 15) is 4.79 Å². The highest BCUT2D eigenvalue weighted by Crippen LogP contribution is 2.23. The Hall–Kier alpha value is -0.890. The minimum atomic E-state index is -0.979. The number of halogens is 2. The molecule has 0 fully saturated rings. The van der Waals surface area contributed by atoms with Gasteiger partial charge >= 0.3 is 5.97 Å². The molecule has 0 radical (unpaired) electrons. The number of hydrogen-bond donors (Lipinski definition) is 1. The van der Waals surface area contributed by atoms with Gasteiger partial charge in [-0.1, -0.05) is 6.07 Å². The van der Waals surface area contributed by atoms with Gasteiger partial charge in [0, 0.05) is 10.7 Å². The third-order valence-electron chi connectivity index (χ3n) is 2.00. The van der Waals surface area contributed by atoms with E-state index >= 15 is 0 Å². The fourth-order valence-corrected chi connectivity index (χ4v) is 2.26. The van der Waals surface area contributed by atoms with Gasteiger partial charge in [-0.25, -0.2) is 9.48 Å². The Balaban J connectivity index is 2.65. The maximum Gasteiger partial charge on any atom is 0.339 e. The Kier molecular flexibility index (Phi) is 3.29. The number of hydrogen-bond acceptors (Lipinski definition) is 2. The van der Waals surface area contributed by atoms with Gasteiger partial charge in [-0.05, 0) is 50.7 Å². The lowest BCUT2D eigenvalue weighted by atomic mass is 10.2. The fraction of sp³-hybridized carbons (Fsp3) is 0. The van der Waals surface area contributed by atoms with Crippen LogP contribution in [0.4, 0.5) is 0 Å². The molecule has 0 aliphatic carbocycles. The molecule has 0 saturated heterocycles. The zero-order chi connectivity index (χ0) is 11.7. The van der Waals surface area contributed by atoms with Crippen molar-refractivity contribution in [1.82, 2.24) is 9.78 Å². The minimum Gasteiger partial charge on any atom is -0.478 e. The normalized spacial score (nSPS) is 10.4. The van der Waals surface area contributed by atoms with E-state index in [1.165, 1.54) is 0 Å². The van der Waals surface area contributed by atoms with Crippen LogP contribution in [-0.4, -0.2) is 20.9 Å². The van der Waals surface area contributed by atoms with Crippen molar-refractivity contribution >= 4 is 44.5 Å². The summed E-state index contributed by atoms with van der Waals surface area (Å²) in [6, 6.07) is 5.19. The molecule has 82 valence electrons. The van der Waals surface area contributed by atoms with Crippen LogP contribution in [0.2, 0.25) is 0 Å². The van der Waals surface area contributed by atoms with Crippen molar-refractivity contribution in [2.45, 2.75) is 0 Å². The predicted molar refractivity (Wildman–Crippen MR) is 70.9 cm³/mol. The lowest BCUT2D eigenvalue weighted by Gasteiger charge is -2.07. The van der Waals surface area contributed by atoms with E-state index in [1.54, 1.807) is 35.3 Å². The van der Waals surface area contributed by atoms with Crippen molar-refractivity contribution in [3.63, 3.8) is 0 Å². The zero-order valence-corrected chi connectivity index (χ0v) is 11.6. The smallest absolute Gasteiger partial charge is 0.339 e. The average Bonchev–Trinajstić information content (AvgIpc) is 2.63. The number of carboxylic acids is 1. The quantitative estimate of drug-likeness (QED) is 0.799. The largest absolute Gasteiger partial charge is 0.478 e. The number of aromatic carboxylic acids is 1. The number of carboxylic acid groups (broad SMARTS) is 1. The maximum atomic E-state index is 11.1. The summed E-state index contributed by atoms with van der Waals surface area (Å²) >= 11 is 5.35. The summed E-state index contributed by atoms with van der Waals surface area (Å²) in [6.07, 6.45) is 3.45. The van der Waals surface area contributed by atoms with Gasteiger partial charge in [-0.15, -0.1) is 0 Å². The van der Waals surface area contributed by atoms with Gasteiger partial charge in [0.1, 0.15) is 0 Å². The third kappa shape index (κ3) is 2.12. The van der Waals surface area contributed by atoms with Gasteiger partial charge in [-0.2, -0.15) is 5.10 Å². The van der Waals surface area contributed by atoms with Crippen molar-refractivity contribution in [3.05, 3.63) is 44.2 Å². The Morgan fingerprint density at radius 1 is 1.50 bits per heavy atom. The zero-order valence-electron chi connectivity index (χ0n) is 7.89. The average molecular weight is 393 g/mol. The summed E-state index contributed by atoms with van der Waals surface area (Å²) in [6.45, 7) is 0. The Morgan fingerprint density at radius 3 is 2.81 bits per heavy atom. The summed E-state index contributed by atoms with van der Waals surface area (Å²) in [5.74, 6) is -0.979. The van der Waals surface area contributed by atoms with E-state index in [0.717, 1.165) is 3.57 Å². The SMILES string of the molecule is O=C(O)c1c(Br)cccc1-n1cc(I)cn1. The molecule has 0 atom stereocenters. The second-order valence-electron chi connectivity index (χ2n) is 3.04. The van der Waals surface area contributed by atoms with Crippen molar-refractivity contribution in [3.8, 4) is 5.69 Å². The molecule has 2 aromatic rings. The molecular formula is C10H6BrIN2O2. The van der Waals surface area contributed by atoms with Gasteiger partial charge in [-0.3, -0.25) is 0 Å². The van der Waals surface area contributed by atoms with E-state index in [-0.39, 0.29) is 5.56 Å². The standard InChI is InChI=1S/C10H6BrIN2O2/c11-7-2-1-3-8(9(7)10(15)16)14-5-6(12)4-13-14/h1-5H,(H,15,16). The number of carbonyl (C=O) groups is 1. The third-order valence-corrected chi connectivity index (χ3v) is 3.22. The first-order chi connectivity index (χ1) is 7.59. The van der Waals surface area contributed by atoms with Crippen LogP contribution in [0, 0.1) is 3.57 Å².